The van der Waals surface area contributed by atoms with Crippen LogP contribution in [-0.2, 0) is 4.74 Å². The number of hydrogen-bond donors (Lipinski definition) is 0. The first-order valence-electron chi connectivity index (χ1n) is 6.19. The Morgan fingerprint density at radius 1 is 1.33 bits per heavy atom. The van der Waals surface area contributed by atoms with Gasteiger partial charge >= 0.3 is 5.97 Å². The van der Waals surface area contributed by atoms with E-state index in [1.165, 1.54) is 7.11 Å². The van der Waals surface area contributed by atoms with Gasteiger partial charge < -0.3 is 9.47 Å². The third-order valence-corrected chi connectivity index (χ3v) is 2.40. The molecule has 3 nitrogen and oxygen atoms in total. The SMILES string of the molecule is CC.CCCCOc1ccc(C(=O)OC)cc1Cl. The Morgan fingerprint density at radius 3 is 2.50 bits per heavy atom. The van der Waals surface area contributed by atoms with Crippen molar-refractivity contribution in [1.82, 2.24) is 0 Å². The van der Waals surface area contributed by atoms with E-state index in [0.29, 0.717) is 22.9 Å². The molecule has 102 valence electrons. The summed E-state index contributed by atoms with van der Waals surface area (Å²) < 4.78 is 10.1. The van der Waals surface area contributed by atoms with Crippen molar-refractivity contribution in [3.05, 3.63) is 28.8 Å². The summed E-state index contributed by atoms with van der Waals surface area (Å²) in [6.07, 6.45) is 2.05. The fourth-order valence-corrected chi connectivity index (χ4v) is 1.42. The summed E-state index contributed by atoms with van der Waals surface area (Å²) in [4.78, 5) is 11.2. The first-order valence-corrected chi connectivity index (χ1v) is 6.57. The van der Waals surface area contributed by atoms with E-state index in [-0.39, 0.29) is 0 Å². The van der Waals surface area contributed by atoms with Gasteiger partial charge in [0, 0.05) is 0 Å². The number of methoxy groups -OCH3 is 1. The van der Waals surface area contributed by atoms with E-state index in [1.807, 2.05) is 13.8 Å². The van der Waals surface area contributed by atoms with Crippen molar-refractivity contribution >= 4 is 17.6 Å². The zero-order valence-electron chi connectivity index (χ0n) is 11.5. The van der Waals surface area contributed by atoms with Gasteiger partial charge in [-0.3, -0.25) is 0 Å². The van der Waals surface area contributed by atoms with Crippen molar-refractivity contribution in [3.8, 4) is 5.75 Å². The first kappa shape index (κ1) is 16.8. The van der Waals surface area contributed by atoms with E-state index >= 15 is 0 Å². The van der Waals surface area contributed by atoms with Gasteiger partial charge in [0.25, 0.3) is 0 Å². The van der Waals surface area contributed by atoms with Crippen LogP contribution in [0.4, 0.5) is 0 Å². The van der Waals surface area contributed by atoms with Crippen molar-refractivity contribution in [2.24, 2.45) is 0 Å². The highest BCUT2D eigenvalue weighted by Gasteiger charge is 2.09. The Balaban J connectivity index is 0.00000137. The molecular weight excluding hydrogens is 252 g/mol. The zero-order chi connectivity index (χ0) is 14.0. The van der Waals surface area contributed by atoms with Crippen LogP contribution in [0.15, 0.2) is 18.2 Å². The lowest BCUT2D eigenvalue weighted by Gasteiger charge is -2.08. The minimum Gasteiger partial charge on any atom is -0.492 e. The number of unbranched alkanes of at least 4 members (excludes halogenated alkanes) is 1. The average Bonchev–Trinajstić information content (AvgIpc) is 2.42. The molecule has 0 aliphatic rings. The summed E-state index contributed by atoms with van der Waals surface area (Å²) in [6, 6.07) is 4.87. The predicted molar refractivity (Wildman–Crippen MR) is 74.5 cm³/mol. The van der Waals surface area contributed by atoms with Crippen LogP contribution in [0.2, 0.25) is 5.02 Å². The van der Waals surface area contributed by atoms with Gasteiger partial charge in [0.05, 0.1) is 24.3 Å². The van der Waals surface area contributed by atoms with E-state index in [0.717, 1.165) is 12.8 Å². The summed E-state index contributed by atoms with van der Waals surface area (Å²) in [5, 5.41) is 0.430. The molecule has 0 atom stereocenters. The smallest absolute Gasteiger partial charge is 0.337 e. The van der Waals surface area contributed by atoms with Crippen molar-refractivity contribution in [3.63, 3.8) is 0 Å². The van der Waals surface area contributed by atoms with Gasteiger partial charge in [-0.2, -0.15) is 0 Å². The van der Waals surface area contributed by atoms with Crippen LogP contribution >= 0.6 is 11.6 Å². The van der Waals surface area contributed by atoms with Crippen LogP contribution < -0.4 is 4.74 Å². The van der Waals surface area contributed by atoms with Crippen LogP contribution in [0.25, 0.3) is 0 Å². The molecule has 0 aliphatic heterocycles. The molecule has 0 heterocycles. The second-order valence-electron chi connectivity index (χ2n) is 3.34. The molecule has 1 aromatic carbocycles. The molecule has 0 saturated carbocycles. The Hall–Kier alpha value is -1.22. The number of benzene rings is 1. The summed E-state index contributed by atoms with van der Waals surface area (Å²) in [7, 11) is 1.34. The van der Waals surface area contributed by atoms with E-state index in [2.05, 4.69) is 11.7 Å². The second kappa shape index (κ2) is 9.77. The molecule has 1 rings (SSSR count). The lowest BCUT2D eigenvalue weighted by molar-refractivity contribution is 0.0600. The Bertz CT molecular complexity index is 364. The maximum Gasteiger partial charge on any atom is 0.337 e. The molecule has 4 heteroatoms. The third kappa shape index (κ3) is 5.41. The van der Waals surface area contributed by atoms with Gasteiger partial charge in [0.15, 0.2) is 0 Å². The maximum absolute atomic E-state index is 11.2. The standard InChI is InChI=1S/C12H15ClO3.C2H6/c1-3-4-7-16-11-6-5-9(8-10(11)13)12(14)15-2;1-2/h5-6,8H,3-4,7H2,1-2H3;1-2H3. The Labute approximate surface area is 114 Å². The molecule has 0 spiro atoms. The number of esters is 1. The number of carbonyl (C=O) groups is 1. The van der Waals surface area contributed by atoms with Gasteiger partial charge in [-0.05, 0) is 24.6 Å². The number of ether oxygens (including phenoxy) is 2. The largest absolute Gasteiger partial charge is 0.492 e. The van der Waals surface area contributed by atoms with Gasteiger partial charge in [-0.25, -0.2) is 4.79 Å². The van der Waals surface area contributed by atoms with E-state index in [4.69, 9.17) is 16.3 Å². The highest BCUT2D eigenvalue weighted by Crippen LogP contribution is 2.25. The lowest BCUT2D eigenvalue weighted by Crippen LogP contribution is -2.02. The monoisotopic (exact) mass is 272 g/mol. The van der Waals surface area contributed by atoms with Crippen LogP contribution in [0, 0.1) is 0 Å². The molecule has 0 amide bonds. The summed E-state index contributed by atoms with van der Waals surface area (Å²) in [6.45, 7) is 6.72. The summed E-state index contributed by atoms with van der Waals surface area (Å²) in [5.74, 6) is 0.199. The molecule has 0 saturated heterocycles. The molecule has 1 aromatic rings. The molecule has 18 heavy (non-hydrogen) atoms. The topological polar surface area (TPSA) is 35.5 Å². The van der Waals surface area contributed by atoms with Gasteiger partial charge in [0.2, 0.25) is 0 Å². The second-order valence-corrected chi connectivity index (χ2v) is 3.75. The van der Waals surface area contributed by atoms with Crippen LogP contribution in [0.5, 0.6) is 5.75 Å². The molecule has 0 fully saturated rings. The van der Waals surface area contributed by atoms with E-state index < -0.39 is 5.97 Å². The first-order chi connectivity index (χ1) is 8.69. The molecule has 0 unspecified atom stereocenters. The van der Waals surface area contributed by atoms with Crippen LogP contribution in [-0.4, -0.2) is 19.7 Å². The van der Waals surface area contributed by atoms with Crippen molar-refractivity contribution in [2.45, 2.75) is 33.6 Å². The van der Waals surface area contributed by atoms with E-state index in [9.17, 15) is 4.79 Å². The van der Waals surface area contributed by atoms with Crippen LogP contribution in [0.3, 0.4) is 0 Å². The van der Waals surface area contributed by atoms with Crippen LogP contribution in [0.1, 0.15) is 44.0 Å². The highest BCUT2D eigenvalue weighted by molar-refractivity contribution is 6.32. The van der Waals surface area contributed by atoms with Gasteiger partial charge in [-0.15, -0.1) is 0 Å². The minimum atomic E-state index is -0.401. The fraction of sp³-hybridized carbons (Fsp3) is 0.500. The lowest BCUT2D eigenvalue weighted by atomic mass is 10.2. The predicted octanol–water partition coefficient (Wildman–Crippen LogP) is 4.33. The minimum absolute atomic E-state index is 0.401. The van der Waals surface area contributed by atoms with Crippen molar-refractivity contribution in [2.75, 3.05) is 13.7 Å². The maximum atomic E-state index is 11.2. The third-order valence-electron chi connectivity index (χ3n) is 2.11. The molecule has 0 aromatic heterocycles. The molecule has 0 radical (unpaired) electrons. The van der Waals surface area contributed by atoms with Crippen molar-refractivity contribution < 1.29 is 14.3 Å². The molecule has 0 bridgehead atoms. The number of rotatable bonds is 5. The van der Waals surface area contributed by atoms with Gasteiger partial charge in [0.1, 0.15) is 5.75 Å². The van der Waals surface area contributed by atoms with Gasteiger partial charge in [-0.1, -0.05) is 38.8 Å². The number of halogens is 1. The quantitative estimate of drug-likeness (QED) is 0.591. The highest BCUT2D eigenvalue weighted by atomic mass is 35.5. The van der Waals surface area contributed by atoms with E-state index in [1.54, 1.807) is 18.2 Å². The number of carbonyl (C=O) groups excluding carboxylic acids is 1. The number of hydrogen-bond acceptors (Lipinski definition) is 3. The summed E-state index contributed by atoms with van der Waals surface area (Å²) >= 11 is 5.98. The molecule has 0 aliphatic carbocycles. The molecule has 0 N–H and O–H groups in total. The fourth-order valence-electron chi connectivity index (χ4n) is 1.19. The Kier molecular flexibility index (Phi) is 9.11. The Morgan fingerprint density at radius 2 is 2.00 bits per heavy atom. The average molecular weight is 273 g/mol. The van der Waals surface area contributed by atoms with Crippen molar-refractivity contribution in [1.29, 1.82) is 0 Å². The molecular formula is C14H21ClO3. The normalized spacial score (nSPS) is 9.17. The summed E-state index contributed by atoms with van der Waals surface area (Å²) in [5.41, 5.74) is 0.426. The zero-order valence-corrected chi connectivity index (χ0v) is 12.2.